The van der Waals surface area contributed by atoms with E-state index in [1.165, 1.54) is 11.9 Å². The molecule has 7 nitrogen and oxygen atoms in total. The Bertz CT molecular complexity index is 1080. The lowest BCUT2D eigenvalue weighted by atomic mass is 10.1. The molecule has 1 atom stereocenters. The molecule has 0 bridgehead atoms. The Kier molecular flexibility index (Phi) is 6.54. The van der Waals surface area contributed by atoms with Crippen molar-refractivity contribution in [2.24, 2.45) is 0 Å². The Morgan fingerprint density at radius 1 is 1.00 bits per heavy atom. The summed E-state index contributed by atoms with van der Waals surface area (Å²) in [5.41, 5.74) is 4.31. The molecule has 0 aliphatic carbocycles. The summed E-state index contributed by atoms with van der Waals surface area (Å²) >= 11 is 0. The van der Waals surface area contributed by atoms with Crippen molar-refractivity contribution >= 4 is 0 Å². The summed E-state index contributed by atoms with van der Waals surface area (Å²) in [6.07, 6.45) is 6.77. The number of hydrogen-bond acceptors (Lipinski definition) is 6. The zero-order chi connectivity index (χ0) is 21.5. The van der Waals surface area contributed by atoms with Crippen LogP contribution >= 0.6 is 0 Å². The number of rotatable bonds is 9. The van der Waals surface area contributed by atoms with Crippen LogP contribution in [0.3, 0.4) is 0 Å². The fraction of sp³-hybridized carbons (Fsp3) is 0.208. The molecule has 1 N–H and O–H groups in total. The summed E-state index contributed by atoms with van der Waals surface area (Å²) in [6, 6.07) is 18.4. The molecule has 0 aliphatic heterocycles. The van der Waals surface area contributed by atoms with Crippen molar-refractivity contribution in [2.75, 3.05) is 7.11 Å². The minimum absolute atomic E-state index is 0.187. The Balaban J connectivity index is 1.38. The number of nitrogens with zero attached hydrogens (tertiary/aromatic N) is 4. The van der Waals surface area contributed by atoms with E-state index in [1.54, 1.807) is 30.5 Å². The van der Waals surface area contributed by atoms with E-state index in [2.05, 4.69) is 39.4 Å². The molecule has 0 amide bonds. The lowest BCUT2D eigenvalue weighted by Crippen LogP contribution is -2.18. The lowest BCUT2D eigenvalue weighted by molar-refractivity contribution is 0.283. The van der Waals surface area contributed by atoms with Crippen LogP contribution in [-0.4, -0.2) is 26.9 Å². The highest BCUT2D eigenvalue weighted by molar-refractivity contribution is 5.43. The van der Waals surface area contributed by atoms with E-state index in [-0.39, 0.29) is 6.04 Å². The van der Waals surface area contributed by atoms with Crippen LogP contribution in [0, 0.1) is 0 Å². The molecule has 0 radical (unpaired) electrons. The van der Waals surface area contributed by atoms with Gasteiger partial charge in [0.25, 0.3) is 0 Å². The molecule has 2 aromatic carbocycles. The number of ether oxygens (including phenoxy) is 2. The van der Waals surface area contributed by atoms with E-state index < -0.39 is 0 Å². The number of pyridine rings is 1. The van der Waals surface area contributed by atoms with Gasteiger partial charge in [-0.3, -0.25) is 4.98 Å². The van der Waals surface area contributed by atoms with E-state index in [9.17, 15) is 0 Å². The number of aromatic nitrogens is 4. The smallest absolute Gasteiger partial charge is 0.161 e. The summed E-state index contributed by atoms with van der Waals surface area (Å²) in [7, 11) is 1.65. The van der Waals surface area contributed by atoms with Crippen LogP contribution < -0.4 is 14.8 Å². The Morgan fingerprint density at radius 2 is 1.87 bits per heavy atom. The van der Waals surface area contributed by atoms with Crippen molar-refractivity contribution in [1.29, 1.82) is 0 Å². The second-order valence-corrected chi connectivity index (χ2v) is 7.17. The Hall–Kier alpha value is -3.71. The van der Waals surface area contributed by atoms with Gasteiger partial charge < -0.3 is 14.8 Å². The number of hydrogen-bond donors (Lipinski definition) is 1. The fourth-order valence-electron chi connectivity index (χ4n) is 3.23. The van der Waals surface area contributed by atoms with Crippen molar-refractivity contribution in [2.45, 2.75) is 26.1 Å². The summed E-state index contributed by atoms with van der Waals surface area (Å²) in [5.74, 6) is 1.43. The molecule has 0 fully saturated rings. The predicted octanol–water partition coefficient (Wildman–Crippen LogP) is 4.10. The molecule has 0 saturated carbocycles. The molecule has 2 heterocycles. The van der Waals surface area contributed by atoms with Gasteiger partial charge in [0.05, 0.1) is 12.8 Å². The van der Waals surface area contributed by atoms with Crippen molar-refractivity contribution in [3.05, 3.63) is 96.3 Å². The van der Waals surface area contributed by atoms with Gasteiger partial charge in [0.15, 0.2) is 11.5 Å². The van der Waals surface area contributed by atoms with Crippen molar-refractivity contribution in [3.8, 4) is 17.2 Å². The molecule has 7 heteroatoms. The first-order valence-corrected chi connectivity index (χ1v) is 10.1. The molecule has 4 aromatic rings. The molecular formula is C24H25N5O2. The predicted molar refractivity (Wildman–Crippen MR) is 118 cm³/mol. The van der Waals surface area contributed by atoms with Crippen LogP contribution in [0.15, 0.2) is 79.6 Å². The van der Waals surface area contributed by atoms with Crippen LogP contribution in [0.5, 0.6) is 11.5 Å². The van der Waals surface area contributed by atoms with Crippen molar-refractivity contribution in [3.63, 3.8) is 0 Å². The van der Waals surface area contributed by atoms with Crippen molar-refractivity contribution < 1.29 is 9.47 Å². The van der Waals surface area contributed by atoms with E-state index in [0.717, 1.165) is 22.6 Å². The maximum atomic E-state index is 5.99. The summed E-state index contributed by atoms with van der Waals surface area (Å²) < 4.78 is 13.2. The third-order valence-electron chi connectivity index (χ3n) is 5.03. The minimum atomic E-state index is 0.187. The first-order valence-electron chi connectivity index (χ1n) is 10.1. The third-order valence-corrected chi connectivity index (χ3v) is 5.03. The quantitative estimate of drug-likeness (QED) is 0.444. The number of methoxy groups -OCH3 is 1. The number of benzene rings is 2. The van der Waals surface area contributed by atoms with Gasteiger partial charge in [0, 0.05) is 30.5 Å². The molecule has 0 spiro atoms. The molecule has 4 rings (SSSR count). The standard InChI is InChI=1S/C24H25N5O2/c1-18(21-6-8-22(9-7-21)29-17-26-16-28-29)27-14-19-5-10-23(30-2)24(12-19)31-15-20-4-3-11-25-13-20/h3-13,16-18,27H,14-15H2,1-2H3/t18-/m1/s1. The molecule has 158 valence electrons. The maximum Gasteiger partial charge on any atom is 0.161 e. The Labute approximate surface area is 181 Å². The molecule has 0 unspecified atom stereocenters. The van der Waals surface area contributed by atoms with Crippen LogP contribution in [0.2, 0.25) is 0 Å². The molecule has 0 aliphatic rings. The van der Waals surface area contributed by atoms with E-state index >= 15 is 0 Å². The molecular weight excluding hydrogens is 390 g/mol. The fourth-order valence-corrected chi connectivity index (χ4v) is 3.23. The molecule has 0 saturated heterocycles. The Morgan fingerprint density at radius 3 is 2.58 bits per heavy atom. The van der Waals surface area contributed by atoms with Gasteiger partial charge in [-0.15, -0.1) is 0 Å². The largest absolute Gasteiger partial charge is 0.493 e. The highest BCUT2D eigenvalue weighted by Gasteiger charge is 2.09. The van der Waals surface area contributed by atoms with E-state index in [0.29, 0.717) is 18.9 Å². The normalized spacial score (nSPS) is 11.8. The van der Waals surface area contributed by atoms with Crippen LogP contribution in [-0.2, 0) is 13.2 Å². The van der Waals surface area contributed by atoms with Gasteiger partial charge in [0.1, 0.15) is 19.3 Å². The number of nitrogens with one attached hydrogen (secondary N) is 1. The minimum Gasteiger partial charge on any atom is -0.493 e. The molecule has 31 heavy (non-hydrogen) atoms. The van der Waals surface area contributed by atoms with E-state index in [4.69, 9.17) is 9.47 Å². The second-order valence-electron chi connectivity index (χ2n) is 7.17. The zero-order valence-electron chi connectivity index (χ0n) is 17.6. The lowest BCUT2D eigenvalue weighted by Gasteiger charge is -2.16. The first kappa shape index (κ1) is 20.6. The topological polar surface area (TPSA) is 74.1 Å². The first-order chi connectivity index (χ1) is 15.2. The van der Waals surface area contributed by atoms with Gasteiger partial charge in [-0.2, -0.15) is 5.10 Å². The van der Waals surface area contributed by atoms with E-state index in [1.807, 2.05) is 42.5 Å². The second kappa shape index (κ2) is 9.86. The molecule has 2 aromatic heterocycles. The van der Waals surface area contributed by atoms with Gasteiger partial charge in [-0.1, -0.05) is 24.3 Å². The zero-order valence-corrected chi connectivity index (χ0v) is 17.6. The van der Waals surface area contributed by atoms with Crippen LogP contribution in [0.4, 0.5) is 0 Å². The SMILES string of the molecule is COc1ccc(CN[C@H](C)c2ccc(-n3cncn3)cc2)cc1OCc1cccnc1. The van der Waals surface area contributed by atoms with Crippen molar-refractivity contribution in [1.82, 2.24) is 25.1 Å². The van der Waals surface area contributed by atoms with Gasteiger partial charge >= 0.3 is 0 Å². The summed E-state index contributed by atoms with van der Waals surface area (Å²) in [6.45, 7) is 3.29. The summed E-state index contributed by atoms with van der Waals surface area (Å²) in [5, 5.41) is 7.72. The average molecular weight is 415 g/mol. The highest BCUT2D eigenvalue weighted by atomic mass is 16.5. The van der Waals surface area contributed by atoms with Gasteiger partial charge in [-0.05, 0) is 48.4 Å². The van der Waals surface area contributed by atoms with Gasteiger partial charge in [0.2, 0.25) is 0 Å². The summed E-state index contributed by atoms with van der Waals surface area (Å²) in [4.78, 5) is 8.11. The van der Waals surface area contributed by atoms with Gasteiger partial charge in [-0.25, -0.2) is 9.67 Å². The average Bonchev–Trinajstić information content (AvgIpc) is 3.37. The third kappa shape index (κ3) is 5.26. The van der Waals surface area contributed by atoms with Crippen LogP contribution in [0.25, 0.3) is 5.69 Å². The highest BCUT2D eigenvalue weighted by Crippen LogP contribution is 2.29. The monoisotopic (exact) mass is 415 g/mol. The maximum absolute atomic E-state index is 5.99. The van der Waals surface area contributed by atoms with Crippen LogP contribution in [0.1, 0.15) is 29.7 Å².